The molecule has 0 aliphatic heterocycles. The van der Waals surface area contributed by atoms with Crippen molar-refractivity contribution in [1.29, 1.82) is 0 Å². The third-order valence-electron chi connectivity index (χ3n) is 6.92. The topological polar surface area (TPSA) is 238 Å². The molecule has 0 radical (unpaired) electrons. The van der Waals surface area contributed by atoms with Gasteiger partial charge in [0.2, 0.25) is 0 Å². The predicted molar refractivity (Wildman–Crippen MR) is 180 cm³/mol. The molecule has 18 nitrogen and oxygen atoms in total. The second-order valence-corrected chi connectivity index (χ2v) is 14.1. The van der Waals surface area contributed by atoms with Crippen molar-refractivity contribution in [3.8, 4) is 0 Å². The van der Waals surface area contributed by atoms with Crippen molar-refractivity contribution in [2.45, 2.75) is 62.4 Å². The number of rotatable bonds is 12. The summed E-state index contributed by atoms with van der Waals surface area (Å²) in [6, 6.07) is 0. The van der Waals surface area contributed by atoms with Gasteiger partial charge in [-0.05, 0) is 12.8 Å². The molecule has 0 saturated heterocycles. The summed E-state index contributed by atoms with van der Waals surface area (Å²) >= 11 is 0. The SMILES string of the molecule is CCCOC(=O)CC(c1nccn1C)c1nccn1C.CCCOC(=O)CC(c1nccn1C)c1nccn1C.O=S(=O)([O-])C(F)(F)F.O=S(=O)([O-])C(F)(F)F.[Fe+2]. The first-order chi connectivity index (χ1) is 25.8. The Labute approximate surface area is 334 Å². The molecule has 0 aliphatic rings. The maximum atomic E-state index is 11.9. The van der Waals surface area contributed by atoms with Crippen LogP contribution in [0.3, 0.4) is 0 Å². The number of carbonyl (C=O) groups is 2. The molecule has 0 aliphatic carbocycles. The van der Waals surface area contributed by atoms with E-state index in [2.05, 4.69) is 19.9 Å². The smallest absolute Gasteiger partial charge is 0.741 e. The molecule has 0 bridgehead atoms. The minimum absolute atomic E-state index is 0. The molecule has 322 valence electrons. The summed E-state index contributed by atoms with van der Waals surface area (Å²) in [4.78, 5) is 41.3. The van der Waals surface area contributed by atoms with Gasteiger partial charge >= 0.3 is 40.0 Å². The summed E-state index contributed by atoms with van der Waals surface area (Å²) in [6.45, 7) is 4.85. The molecular weight excluding hydrogens is 866 g/mol. The molecule has 0 aromatic carbocycles. The number of ether oxygens (including phenoxy) is 2. The quantitative estimate of drug-likeness (QED) is 0.0652. The maximum absolute atomic E-state index is 11.9. The van der Waals surface area contributed by atoms with Gasteiger partial charge in [0.15, 0.2) is 20.2 Å². The van der Waals surface area contributed by atoms with Crippen LogP contribution in [0.15, 0.2) is 49.6 Å². The van der Waals surface area contributed by atoms with Gasteiger partial charge in [-0.3, -0.25) is 9.59 Å². The zero-order chi connectivity index (χ0) is 43.1. The summed E-state index contributed by atoms with van der Waals surface area (Å²) in [6.07, 6.45) is 16.5. The minimum Gasteiger partial charge on any atom is -0.741 e. The predicted octanol–water partition coefficient (Wildman–Crippen LogP) is 3.36. The Hall–Kier alpha value is -4.30. The van der Waals surface area contributed by atoms with Crippen molar-refractivity contribution in [2.24, 2.45) is 28.2 Å². The van der Waals surface area contributed by atoms with Crippen molar-refractivity contribution in [3.05, 3.63) is 72.9 Å². The van der Waals surface area contributed by atoms with Gasteiger partial charge in [-0.15, -0.1) is 0 Å². The number of hydrogen-bond donors (Lipinski definition) is 0. The molecule has 57 heavy (non-hydrogen) atoms. The second kappa shape index (κ2) is 23.2. The van der Waals surface area contributed by atoms with Gasteiger partial charge in [-0.2, -0.15) is 26.3 Å². The molecule has 27 heteroatoms. The minimum atomic E-state index is -6.09. The molecule has 0 N–H and O–H groups in total. The molecule has 4 heterocycles. The summed E-state index contributed by atoms with van der Waals surface area (Å²) in [5, 5.41) is 0. The largest absolute Gasteiger partial charge is 2.00 e. The third-order valence-corrected chi connectivity index (χ3v) is 8.06. The first kappa shape index (κ1) is 52.7. The van der Waals surface area contributed by atoms with E-state index in [1.165, 1.54) is 0 Å². The molecule has 4 aromatic rings. The van der Waals surface area contributed by atoms with E-state index >= 15 is 0 Å². The van der Waals surface area contributed by atoms with E-state index < -0.39 is 31.3 Å². The molecule has 4 rings (SSSR count). The van der Waals surface area contributed by atoms with Crippen LogP contribution in [-0.4, -0.2) is 100 Å². The number of nitrogens with zero attached hydrogens (tertiary/aromatic N) is 8. The number of esters is 2. The Kier molecular flexibility index (Phi) is 21.4. The van der Waals surface area contributed by atoms with E-state index in [9.17, 15) is 35.9 Å². The van der Waals surface area contributed by atoms with Gasteiger partial charge in [0.25, 0.3) is 0 Å². The molecule has 0 amide bonds. The standard InChI is InChI=1S/2C14H20N4O2.2CHF3O3S.Fe/c2*1-4-9-20-12(19)10-11(13-15-5-7-17(13)2)14-16-6-8-18(14)3;2*2-1(3,4)8(5,6)7;/h2*5-8,11H,4,9-10H2,1-3H3;2*(H,5,6,7);/q;;;;+2/p-2. The number of hydrogen-bond acceptors (Lipinski definition) is 14. The van der Waals surface area contributed by atoms with Crippen molar-refractivity contribution in [3.63, 3.8) is 0 Å². The first-order valence-electron chi connectivity index (χ1n) is 16.0. The van der Waals surface area contributed by atoms with Crippen LogP contribution < -0.4 is 0 Å². The van der Waals surface area contributed by atoms with Crippen molar-refractivity contribution < 1.29 is 88.4 Å². The monoisotopic (exact) mass is 906 g/mol. The van der Waals surface area contributed by atoms with Crippen LogP contribution in [-0.2, 0) is 84.6 Å². The molecular formula is C30H40F6FeN8O10S2. The summed E-state index contributed by atoms with van der Waals surface area (Å²) in [5.41, 5.74) is -11.3. The van der Waals surface area contributed by atoms with Gasteiger partial charge in [0.05, 0.1) is 37.9 Å². The second-order valence-electron chi connectivity index (χ2n) is 11.3. The van der Waals surface area contributed by atoms with E-state index in [-0.39, 0.29) is 53.7 Å². The normalized spacial score (nSPS) is 11.6. The Morgan fingerprint density at radius 1 is 0.596 bits per heavy atom. The summed E-state index contributed by atoms with van der Waals surface area (Å²) in [5.74, 6) is 2.42. The van der Waals surface area contributed by atoms with Crippen LogP contribution in [0.2, 0.25) is 0 Å². The van der Waals surface area contributed by atoms with Crippen LogP contribution in [0.5, 0.6) is 0 Å². The third kappa shape index (κ3) is 17.4. The molecule has 0 fully saturated rings. The van der Waals surface area contributed by atoms with Gasteiger partial charge in [-0.25, -0.2) is 36.8 Å². The van der Waals surface area contributed by atoms with Crippen molar-refractivity contribution >= 4 is 32.2 Å². The first-order valence-corrected chi connectivity index (χ1v) is 18.8. The fourth-order valence-corrected chi connectivity index (χ4v) is 4.33. The van der Waals surface area contributed by atoms with Gasteiger partial charge in [-0.1, -0.05) is 13.8 Å². The van der Waals surface area contributed by atoms with Crippen molar-refractivity contribution in [2.75, 3.05) is 13.2 Å². The summed E-state index contributed by atoms with van der Waals surface area (Å²) in [7, 11) is -4.53. The summed E-state index contributed by atoms with van der Waals surface area (Å²) < 4.78 is 136. The van der Waals surface area contributed by atoms with Crippen LogP contribution in [0, 0.1) is 0 Å². The van der Waals surface area contributed by atoms with Gasteiger partial charge < -0.3 is 36.8 Å². The molecule has 0 saturated carbocycles. The average molecular weight is 907 g/mol. The Morgan fingerprint density at radius 3 is 0.947 bits per heavy atom. The van der Waals surface area contributed by atoms with E-state index in [1.54, 1.807) is 24.8 Å². The molecule has 0 atom stereocenters. The van der Waals surface area contributed by atoms with Gasteiger partial charge in [0.1, 0.15) is 23.3 Å². The maximum Gasteiger partial charge on any atom is 2.00 e. The van der Waals surface area contributed by atoms with E-state index in [0.717, 1.165) is 36.1 Å². The number of imidazole rings is 4. The van der Waals surface area contributed by atoms with Crippen LogP contribution in [0.1, 0.15) is 74.7 Å². The molecule has 0 spiro atoms. The number of carbonyl (C=O) groups excluding carboxylic acids is 2. The van der Waals surface area contributed by atoms with Crippen LogP contribution >= 0.6 is 0 Å². The van der Waals surface area contributed by atoms with Gasteiger partial charge in [0, 0.05) is 77.8 Å². The molecule has 4 aromatic heterocycles. The number of halogens is 6. The van der Waals surface area contributed by atoms with Crippen LogP contribution in [0.25, 0.3) is 0 Å². The fraction of sp³-hybridized carbons (Fsp3) is 0.533. The molecule has 0 unspecified atom stereocenters. The van der Waals surface area contributed by atoms with E-state index in [0.29, 0.717) is 13.2 Å². The van der Waals surface area contributed by atoms with E-state index in [4.69, 9.17) is 35.4 Å². The Balaban J connectivity index is 0.000000796. The van der Waals surface area contributed by atoms with Crippen molar-refractivity contribution in [1.82, 2.24) is 38.2 Å². The zero-order valence-electron chi connectivity index (χ0n) is 31.1. The number of aryl methyl sites for hydroxylation is 4. The van der Waals surface area contributed by atoms with Crippen LogP contribution in [0.4, 0.5) is 26.3 Å². The number of alkyl halides is 6. The average Bonchev–Trinajstić information content (AvgIpc) is 3.89. The Bertz CT molecular complexity index is 1820. The zero-order valence-corrected chi connectivity index (χ0v) is 33.9. The fourth-order valence-electron chi connectivity index (χ4n) is 4.33. The Morgan fingerprint density at radius 2 is 0.807 bits per heavy atom. The van der Waals surface area contributed by atoms with E-state index in [1.807, 2.05) is 85.1 Å². The number of aromatic nitrogens is 8.